The molecule has 3 rings (SSSR count). The molecule has 0 bridgehead atoms. The Bertz CT molecular complexity index is 635. The minimum atomic E-state index is -0.817. The lowest BCUT2D eigenvalue weighted by Gasteiger charge is -2.31. The van der Waals surface area contributed by atoms with Crippen LogP contribution in [0.3, 0.4) is 0 Å². The van der Waals surface area contributed by atoms with Gasteiger partial charge in [0.1, 0.15) is 29.1 Å². The van der Waals surface area contributed by atoms with E-state index in [4.69, 9.17) is 4.74 Å². The van der Waals surface area contributed by atoms with Gasteiger partial charge in [0.25, 0.3) is 0 Å². The highest BCUT2D eigenvalue weighted by atomic mass is 16.5. The van der Waals surface area contributed by atoms with Gasteiger partial charge in [-0.1, -0.05) is 12.1 Å². The Morgan fingerprint density at radius 2 is 1.65 bits per heavy atom. The molecule has 0 aliphatic carbocycles. The van der Waals surface area contributed by atoms with Crippen LogP contribution in [0.5, 0.6) is 23.0 Å². The first-order valence-corrected chi connectivity index (χ1v) is 6.23. The standard InChI is InChI=1S/C15H14O5/c16-9-3-1-8(2-4-9)15-13(19)7-11-12(18)5-10(17)6-14(11)20-15/h1-6,13,15-19H,7H2/t13-,15+/m1/s1. The number of aromatic hydroxyl groups is 3. The SMILES string of the molecule is Oc1ccc([C@@H]2Oc3cc(O)cc(O)c3C[C@H]2O)cc1. The molecule has 2 aromatic rings. The maximum Gasteiger partial charge on any atom is 0.150 e. The molecule has 20 heavy (non-hydrogen) atoms. The maximum atomic E-state index is 10.2. The third-order valence-electron chi connectivity index (χ3n) is 3.41. The second kappa shape index (κ2) is 4.61. The van der Waals surface area contributed by atoms with Crippen molar-refractivity contribution in [3.8, 4) is 23.0 Å². The third kappa shape index (κ3) is 2.12. The quantitative estimate of drug-likeness (QED) is 0.637. The number of phenols is 3. The summed E-state index contributed by atoms with van der Waals surface area (Å²) in [6, 6.07) is 8.99. The van der Waals surface area contributed by atoms with Crippen molar-refractivity contribution in [2.45, 2.75) is 18.6 Å². The number of aliphatic hydroxyl groups excluding tert-OH is 1. The molecule has 1 aliphatic rings. The predicted octanol–water partition coefficient (Wildman–Crippen LogP) is 1.84. The first-order chi connectivity index (χ1) is 9.54. The third-order valence-corrected chi connectivity index (χ3v) is 3.41. The van der Waals surface area contributed by atoms with Gasteiger partial charge in [0.05, 0.1) is 6.10 Å². The lowest BCUT2D eigenvalue weighted by atomic mass is 9.94. The van der Waals surface area contributed by atoms with Gasteiger partial charge in [-0.05, 0) is 17.7 Å². The van der Waals surface area contributed by atoms with Crippen LogP contribution < -0.4 is 4.74 Å². The van der Waals surface area contributed by atoms with Crippen LogP contribution in [0.4, 0.5) is 0 Å². The van der Waals surface area contributed by atoms with Gasteiger partial charge in [-0.3, -0.25) is 0 Å². The van der Waals surface area contributed by atoms with Crippen LogP contribution in [0, 0.1) is 0 Å². The smallest absolute Gasteiger partial charge is 0.150 e. The highest BCUT2D eigenvalue weighted by molar-refractivity contribution is 5.51. The zero-order valence-corrected chi connectivity index (χ0v) is 10.5. The fourth-order valence-corrected chi connectivity index (χ4v) is 2.41. The van der Waals surface area contributed by atoms with Crippen LogP contribution in [-0.2, 0) is 6.42 Å². The molecule has 0 unspecified atom stereocenters. The molecule has 104 valence electrons. The molecule has 0 saturated carbocycles. The summed E-state index contributed by atoms with van der Waals surface area (Å²) < 4.78 is 5.68. The second-order valence-corrected chi connectivity index (χ2v) is 4.84. The number of ether oxygens (including phenoxy) is 1. The van der Waals surface area contributed by atoms with Crippen molar-refractivity contribution in [2.24, 2.45) is 0 Å². The summed E-state index contributed by atoms with van der Waals surface area (Å²) >= 11 is 0. The number of phenolic OH excluding ortho intramolecular Hbond substituents is 3. The average Bonchev–Trinajstić information content (AvgIpc) is 2.40. The van der Waals surface area contributed by atoms with Crippen LogP contribution in [0.25, 0.3) is 0 Å². The second-order valence-electron chi connectivity index (χ2n) is 4.84. The highest BCUT2D eigenvalue weighted by Crippen LogP contribution is 2.41. The average molecular weight is 274 g/mol. The Kier molecular flexibility index (Phi) is 2.91. The zero-order chi connectivity index (χ0) is 14.3. The van der Waals surface area contributed by atoms with E-state index in [1.165, 1.54) is 24.3 Å². The van der Waals surface area contributed by atoms with E-state index >= 15 is 0 Å². The van der Waals surface area contributed by atoms with Crippen LogP contribution in [-0.4, -0.2) is 26.5 Å². The Hall–Kier alpha value is -2.40. The molecule has 0 radical (unpaired) electrons. The van der Waals surface area contributed by atoms with E-state index in [0.717, 1.165) is 0 Å². The molecule has 1 aliphatic heterocycles. The Morgan fingerprint density at radius 3 is 2.35 bits per heavy atom. The summed E-state index contributed by atoms with van der Waals surface area (Å²) in [5.74, 6) is 0.297. The Labute approximate surface area is 115 Å². The van der Waals surface area contributed by atoms with Gasteiger partial charge in [-0.2, -0.15) is 0 Å². The molecule has 4 N–H and O–H groups in total. The molecular weight excluding hydrogens is 260 g/mol. The van der Waals surface area contributed by atoms with Gasteiger partial charge in [0, 0.05) is 24.1 Å². The van der Waals surface area contributed by atoms with Crippen LogP contribution in [0.1, 0.15) is 17.2 Å². The number of fused-ring (bicyclic) bond motifs is 1. The van der Waals surface area contributed by atoms with Gasteiger partial charge in [-0.15, -0.1) is 0 Å². The summed E-state index contributed by atoms with van der Waals surface area (Å²) in [6.07, 6.45) is -1.20. The minimum Gasteiger partial charge on any atom is -0.508 e. The van der Waals surface area contributed by atoms with Crippen molar-refractivity contribution in [1.29, 1.82) is 0 Å². The molecule has 2 aromatic carbocycles. The molecule has 0 aromatic heterocycles. The monoisotopic (exact) mass is 274 g/mol. The fourth-order valence-electron chi connectivity index (χ4n) is 2.41. The lowest BCUT2D eigenvalue weighted by molar-refractivity contribution is 0.0198. The summed E-state index contributed by atoms with van der Waals surface area (Å²) in [5.41, 5.74) is 1.19. The van der Waals surface area contributed by atoms with E-state index in [0.29, 0.717) is 16.9 Å². The molecular formula is C15H14O5. The maximum absolute atomic E-state index is 10.2. The predicted molar refractivity (Wildman–Crippen MR) is 71.0 cm³/mol. The summed E-state index contributed by atoms with van der Waals surface area (Å²) in [7, 11) is 0. The van der Waals surface area contributed by atoms with E-state index in [1.54, 1.807) is 12.1 Å². The normalized spacial score (nSPS) is 21.1. The van der Waals surface area contributed by atoms with Gasteiger partial charge < -0.3 is 25.2 Å². The number of hydrogen-bond donors (Lipinski definition) is 4. The molecule has 5 nitrogen and oxygen atoms in total. The summed E-state index contributed by atoms with van der Waals surface area (Å²) in [4.78, 5) is 0. The molecule has 0 fully saturated rings. The number of aliphatic hydroxyl groups is 1. The lowest BCUT2D eigenvalue weighted by Crippen LogP contribution is -2.30. The number of rotatable bonds is 1. The van der Waals surface area contributed by atoms with E-state index in [9.17, 15) is 20.4 Å². The minimum absolute atomic E-state index is 0.0943. The van der Waals surface area contributed by atoms with Crippen LogP contribution >= 0.6 is 0 Å². The molecule has 0 saturated heterocycles. The van der Waals surface area contributed by atoms with E-state index in [-0.39, 0.29) is 23.7 Å². The fraction of sp³-hybridized carbons (Fsp3) is 0.200. The van der Waals surface area contributed by atoms with E-state index in [2.05, 4.69) is 0 Å². The first-order valence-electron chi connectivity index (χ1n) is 6.23. The first kappa shape index (κ1) is 12.6. The zero-order valence-electron chi connectivity index (χ0n) is 10.5. The van der Waals surface area contributed by atoms with E-state index < -0.39 is 12.2 Å². The Balaban J connectivity index is 1.98. The summed E-state index contributed by atoms with van der Waals surface area (Å²) in [6.45, 7) is 0. The largest absolute Gasteiger partial charge is 0.508 e. The van der Waals surface area contributed by atoms with Gasteiger partial charge >= 0.3 is 0 Å². The van der Waals surface area contributed by atoms with Crippen molar-refractivity contribution < 1.29 is 25.2 Å². The van der Waals surface area contributed by atoms with Crippen molar-refractivity contribution in [3.63, 3.8) is 0 Å². The van der Waals surface area contributed by atoms with Crippen molar-refractivity contribution >= 4 is 0 Å². The van der Waals surface area contributed by atoms with Crippen molar-refractivity contribution in [1.82, 2.24) is 0 Å². The van der Waals surface area contributed by atoms with Crippen LogP contribution in [0.15, 0.2) is 36.4 Å². The van der Waals surface area contributed by atoms with Gasteiger partial charge in [-0.25, -0.2) is 0 Å². The molecule has 0 amide bonds. The number of benzene rings is 2. The van der Waals surface area contributed by atoms with Gasteiger partial charge in [0.2, 0.25) is 0 Å². The van der Waals surface area contributed by atoms with E-state index in [1.807, 2.05) is 0 Å². The number of hydrogen-bond acceptors (Lipinski definition) is 5. The Morgan fingerprint density at radius 1 is 0.950 bits per heavy atom. The topological polar surface area (TPSA) is 90.2 Å². The van der Waals surface area contributed by atoms with Crippen molar-refractivity contribution in [3.05, 3.63) is 47.5 Å². The highest BCUT2D eigenvalue weighted by Gasteiger charge is 2.31. The summed E-state index contributed by atoms with van der Waals surface area (Å²) in [5, 5.41) is 38.7. The molecule has 1 heterocycles. The van der Waals surface area contributed by atoms with Gasteiger partial charge in [0.15, 0.2) is 0 Å². The molecule has 2 atom stereocenters. The molecule has 0 spiro atoms. The van der Waals surface area contributed by atoms with Crippen LogP contribution in [0.2, 0.25) is 0 Å². The van der Waals surface area contributed by atoms with Crippen molar-refractivity contribution in [2.75, 3.05) is 0 Å². The molecule has 5 heteroatoms.